The maximum absolute atomic E-state index is 12.3. The lowest BCUT2D eigenvalue weighted by Crippen LogP contribution is -2.31. The summed E-state index contributed by atoms with van der Waals surface area (Å²) in [6, 6.07) is 13.9. The van der Waals surface area contributed by atoms with Crippen LogP contribution in [0.3, 0.4) is 0 Å². The van der Waals surface area contributed by atoms with Gasteiger partial charge in [0.25, 0.3) is 0 Å². The van der Waals surface area contributed by atoms with E-state index < -0.39 is 0 Å². The minimum Gasteiger partial charge on any atom is -0.338 e. The van der Waals surface area contributed by atoms with Gasteiger partial charge < -0.3 is 10.2 Å². The molecule has 0 fully saturated rings. The van der Waals surface area contributed by atoms with E-state index in [2.05, 4.69) is 17.4 Å². The van der Waals surface area contributed by atoms with Gasteiger partial charge in [0.1, 0.15) is 0 Å². The van der Waals surface area contributed by atoms with Crippen molar-refractivity contribution in [3.8, 4) is 0 Å². The Labute approximate surface area is 149 Å². The van der Waals surface area contributed by atoms with Crippen molar-refractivity contribution in [3.05, 3.63) is 64.7 Å². The number of amides is 2. The molecule has 0 spiro atoms. The molecular weight excluding hydrogens is 312 g/mol. The van der Waals surface area contributed by atoms with E-state index in [4.69, 9.17) is 0 Å². The quantitative estimate of drug-likeness (QED) is 0.866. The van der Waals surface area contributed by atoms with E-state index in [1.807, 2.05) is 51.1 Å². The molecule has 0 aliphatic heterocycles. The molecule has 0 atom stereocenters. The van der Waals surface area contributed by atoms with Crippen molar-refractivity contribution < 1.29 is 9.59 Å². The van der Waals surface area contributed by atoms with Crippen molar-refractivity contribution >= 4 is 17.5 Å². The molecule has 25 heavy (non-hydrogen) atoms. The molecule has 0 saturated carbocycles. The van der Waals surface area contributed by atoms with Gasteiger partial charge >= 0.3 is 0 Å². The molecule has 2 aromatic rings. The zero-order chi connectivity index (χ0) is 18.4. The first-order chi connectivity index (χ1) is 11.9. The summed E-state index contributed by atoms with van der Waals surface area (Å²) in [7, 11) is 0. The fraction of sp³-hybridized carbons (Fsp3) is 0.333. The lowest BCUT2D eigenvalue weighted by atomic mass is 10.0. The monoisotopic (exact) mass is 338 g/mol. The normalized spacial score (nSPS) is 10.4. The van der Waals surface area contributed by atoms with Crippen LogP contribution in [0.2, 0.25) is 0 Å². The first kappa shape index (κ1) is 18.7. The first-order valence-corrected chi connectivity index (χ1v) is 8.54. The lowest BCUT2D eigenvalue weighted by Gasteiger charge is -2.21. The number of nitrogens with one attached hydrogen (secondary N) is 1. The van der Waals surface area contributed by atoms with Gasteiger partial charge in [-0.1, -0.05) is 48.0 Å². The van der Waals surface area contributed by atoms with Crippen molar-refractivity contribution in [2.75, 3.05) is 11.9 Å². The molecule has 0 bridgehead atoms. The number of aryl methyl sites for hydroxylation is 3. The minimum absolute atomic E-state index is 0.0284. The molecule has 4 heteroatoms. The second-order valence-electron chi connectivity index (χ2n) is 6.50. The Morgan fingerprint density at radius 2 is 1.60 bits per heavy atom. The highest BCUT2D eigenvalue weighted by Gasteiger charge is 2.13. The van der Waals surface area contributed by atoms with Crippen LogP contribution in [-0.4, -0.2) is 23.3 Å². The summed E-state index contributed by atoms with van der Waals surface area (Å²) < 4.78 is 0. The molecule has 0 aliphatic carbocycles. The van der Waals surface area contributed by atoms with Gasteiger partial charge in [-0.25, -0.2) is 0 Å². The Morgan fingerprint density at radius 3 is 2.16 bits per heavy atom. The topological polar surface area (TPSA) is 49.4 Å². The summed E-state index contributed by atoms with van der Waals surface area (Å²) >= 11 is 0. The van der Waals surface area contributed by atoms with Crippen LogP contribution in [-0.2, 0) is 16.1 Å². The molecule has 0 radical (unpaired) electrons. The molecule has 2 rings (SSSR count). The molecule has 0 aliphatic rings. The number of nitrogens with zero attached hydrogens (tertiary/aromatic N) is 1. The summed E-state index contributed by atoms with van der Waals surface area (Å²) in [5.74, 6) is -0.103. The van der Waals surface area contributed by atoms with Gasteiger partial charge in [0, 0.05) is 32.1 Å². The molecule has 0 saturated heterocycles. The van der Waals surface area contributed by atoms with Gasteiger partial charge in [0.05, 0.1) is 0 Å². The number of carbonyl (C=O) groups excluding carboxylic acids is 2. The molecule has 2 amide bonds. The predicted octanol–water partition coefficient (Wildman–Crippen LogP) is 3.99. The van der Waals surface area contributed by atoms with Crippen LogP contribution < -0.4 is 5.32 Å². The average molecular weight is 338 g/mol. The molecule has 4 nitrogen and oxygen atoms in total. The smallest absolute Gasteiger partial charge is 0.226 e. The number of hydrogen-bond acceptors (Lipinski definition) is 2. The van der Waals surface area contributed by atoms with Crippen LogP contribution in [0.1, 0.15) is 35.6 Å². The Bertz CT molecular complexity index is 731. The second kappa shape index (κ2) is 8.47. The predicted molar refractivity (Wildman–Crippen MR) is 101 cm³/mol. The van der Waals surface area contributed by atoms with Crippen molar-refractivity contribution in [1.82, 2.24) is 4.90 Å². The highest BCUT2D eigenvalue weighted by atomic mass is 16.2. The number of anilines is 1. The fourth-order valence-electron chi connectivity index (χ4n) is 2.97. The third-order valence-corrected chi connectivity index (χ3v) is 4.21. The van der Waals surface area contributed by atoms with E-state index >= 15 is 0 Å². The van der Waals surface area contributed by atoms with Gasteiger partial charge in [0.15, 0.2) is 0 Å². The van der Waals surface area contributed by atoms with Crippen LogP contribution in [0.25, 0.3) is 0 Å². The van der Waals surface area contributed by atoms with Crippen molar-refractivity contribution in [2.45, 2.75) is 40.7 Å². The van der Waals surface area contributed by atoms with E-state index in [0.717, 1.165) is 22.4 Å². The van der Waals surface area contributed by atoms with E-state index in [1.54, 1.807) is 4.90 Å². The third kappa shape index (κ3) is 5.45. The number of rotatable bonds is 6. The molecule has 132 valence electrons. The van der Waals surface area contributed by atoms with Gasteiger partial charge in [0.2, 0.25) is 11.8 Å². The number of carbonyl (C=O) groups is 2. The lowest BCUT2D eigenvalue weighted by molar-refractivity contribution is -0.129. The van der Waals surface area contributed by atoms with Gasteiger partial charge in [-0.15, -0.1) is 0 Å². The number of hydrogen-bond donors (Lipinski definition) is 1. The maximum Gasteiger partial charge on any atom is 0.226 e. The summed E-state index contributed by atoms with van der Waals surface area (Å²) in [5.41, 5.74) is 5.21. The minimum atomic E-state index is -0.0747. The SMILES string of the molecule is CC(=O)N(CCC(=O)Nc1c(C)cc(C)cc1C)Cc1ccccc1. The molecule has 2 aromatic carbocycles. The zero-order valence-corrected chi connectivity index (χ0v) is 15.4. The summed E-state index contributed by atoms with van der Waals surface area (Å²) in [6.45, 7) is 8.49. The van der Waals surface area contributed by atoms with Crippen molar-refractivity contribution in [2.24, 2.45) is 0 Å². The van der Waals surface area contributed by atoms with Crippen LogP contribution in [0, 0.1) is 20.8 Å². The zero-order valence-electron chi connectivity index (χ0n) is 15.4. The van der Waals surface area contributed by atoms with Crippen LogP contribution in [0.5, 0.6) is 0 Å². The van der Waals surface area contributed by atoms with Crippen molar-refractivity contribution in [1.29, 1.82) is 0 Å². The van der Waals surface area contributed by atoms with Crippen molar-refractivity contribution in [3.63, 3.8) is 0 Å². The van der Waals surface area contributed by atoms with Crippen LogP contribution in [0.15, 0.2) is 42.5 Å². The largest absolute Gasteiger partial charge is 0.338 e. The molecule has 0 unspecified atom stereocenters. The first-order valence-electron chi connectivity index (χ1n) is 8.54. The van der Waals surface area contributed by atoms with E-state index in [1.165, 1.54) is 12.5 Å². The Balaban J connectivity index is 1.96. The Kier molecular flexibility index (Phi) is 6.34. The molecule has 0 heterocycles. The summed E-state index contributed by atoms with van der Waals surface area (Å²) in [4.78, 5) is 25.9. The highest BCUT2D eigenvalue weighted by molar-refractivity contribution is 5.92. The van der Waals surface area contributed by atoms with Crippen LogP contribution >= 0.6 is 0 Å². The average Bonchev–Trinajstić information content (AvgIpc) is 2.55. The summed E-state index contributed by atoms with van der Waals surface area (Å²) in [6.07, 6.45) is 0.277. The number of benzene rings is 2. The Morgan fingerprint density at radius 1 is 1.00 bits per heavy atom. The van der Waals surface area contributed by atoms with Gasteiger partial charge in [-0.3, -0.25) is 9.59 Å². The second-order valence-corrected chi connectivity index (χ2v) is 6.50. The van der Waals surface area contributed by atoms with Gasteiger partial charge in [-0.05, 0) is 37.5 Å². The molecular formula is C21H26N2O2. The molecule has 1 N–H and O–H groups in total. The van der Waals surface area contributed by atoms with E-state index in [9.17, 15) is 9.59 Å². The third-order valence-electron chi connectivity index (χ3n) is 4.21. The fourth-order valence-corrected chi connectivity index (χ4v) is 2.97. The van der Waals surface area contributed by atoms with E-state index in [0.29, 0.717) is 13.1 Å². The molecule has 0 aromatic heterocycles. The Hall–Kier alpha value is -2.62. The highest BCUT2D eigenvalue weighted by Crippen LogP contribution is 2.22. The van der Waals surface area contributed by atoms with Gasteiger partial charge in [-0.2, -0.15) is 0 Å². The van der Waals surface area contributed by atoms with E-state index in [-0.39, 0.29) is 18.2 Å². The van der Waals surface area contributed by atoms with Crippen LogP contribution in [0.4, 0.5) is 5.69 Å². The summed E-state index contributed by atoms with van der Waals surface area (Å²) in [5, 5.41) is 2.99. The standard InChI is InChI=1S/C21H26N2O2/c1-15-12-16(2)21(17(3)13-15)22-20(25)10-11-23(18(4)24)14-19-8-6-5-7-9-19/h5-9,12-13H,10-11,14H2,1-4H3,(H,22,25). The maximum atomic E-state index is 12.3.